The Balaban J connectivity index is 3.11. The van der Waals surface area contributed by atoms with Gasteiger partial charge in [-0.3, -0.25) is 4.79 Å². The maximum Gasteiger partial charge on any atom is 0.574 e. The van der Waals surface area contributed by atoms with Crippen LogP contribution in [0.25, 0.3) is 0 Å². The van der Waals surface area contributed by atoms with E-state index in [1.807, 2.05) is 0 Å². The predicted molar refractivity (Wildman–Crippen MR) is 53.8 cm³/mol. The Morgan fingerprint density at radius 2 is 2.13 bits per heavy atom. The van der Waals surface area contributed by atoms with Crippen LogP contribution in [0, 0.1) is 10.5 Å². The van der Waals surface area contributed by atoms with Gasteiger partial charge < -0.3 is 4.74 Å². The van der Waals surface area contributed by atoms with Gasteiger partial charge in [0.2, 0.25) is 5.88 Å². The Morgan fingerprint density at radius 3 is 2.60 bits per heavy atom. The van der Waals surface area contributed by atoms with Crippen LogP contribution in [0.15, 0.2) is 6.07 Å². The number of rotatable bonds is 2. The highest BCUT2D eigenvalue weighted by Gasteiger charge is 2.32. The summed E-state index contributed by atoms with van der Waals surface area (Å²) in [5.41, 5.74) is 0.473. The first-order chi connectivity index (χ1) is 6.83. The molecule has 1 rings (SSSR count). The fourth-order valence-corrected chi connectivity index (χ4v) is 1.40. The molecule has 0 radical (unpaired) electrons. The average Bonchev–Trinajstić information content (AvgIpc) is 2.08. The van der Waals surface area contributed by atoms with Crippen LogP contribution in [0.1, 0.15) is 16.1 Å². The van der Waals surface area contributed by atoms with Crippen molar-refractivity contribution in [2.24, 2.45) is 0 Å². The quantitative estimate of drug-likeness (QED) is 0.618. The highest BCUT2D eigenvalue weighted by Crippen LogP contribution is 2.24. The molecule has 0 amide bonds. The molecule has 1 aromatic rings. The van der Waals surface area contributed by atoms with Crippen molar-refractivity contribution in [3.8, 4) is 5.88 Å². The maximum absolute atomic E-state index is 11.9. The summed E-state index contributed by atoms with van der Waals surface area (Å²) < 4.78 is 39.7. The van der Waals surface area contributed by atoms with Crippen molar-refractivity contribution in [2.45, 2.75) is 13.3 Å². The second kappa shape index (κ2) is 4.33. The molecule has 0 unspecified atom stereocenters. The highest BCUT2D eigenvalue weighted by molar-refractivity contribution is 14.1. The lowest BCUT2D eigenvalue weighted by molar-refractivity contribution is -0.276. The summed E-state index contributed by atoms with van der Waals surface area (Å²) in [6, 6.07) is 1.12. The normalized spacial score (nSPS) is 11.3. The first kappa shape index (κ1) is 12.2. The van der Waals surface area contributed by atoms with Crippen LogP contribution in [0.4, 0.5) is 13.2 Å². The Kier molecular flexibility index (Phi) is 3.53. The number of nitrogens with zero attached hydrogens (tertiary/aromatic N) is 1. The monoisotopic (exact) mass is 331 g/mol. The lowest BCUT2D eigenvalue weighted by atomic mass is 10.2. The second-order valence-electron chi connectivity index (χ2n) is 2.62. The third-order valence-electron chi connectivity index (χ3n) is 1.56. The first-order valence-electron chi connectivity index (χ1n) is 3.71. The summed E-state index contributed by atoms with van der Waals surface area (Å²) in [5.74, 6) is -0.625. The zero-order valence-electron chi connectivity index (χ0n) is 7.43. The molecule has 0 aromatic carbocycles. The third kappa shape index (κ3) is 3.33. The van der Waals surface area contributed by atoms with E-state index in [1.165, 1.54) is 0 Å². The Bertz CT molecular complexity index is 392. The van der Waals surface area contributed by atoms with E-state index in [1.54, 1.807) is 29.5 Å². The molecule has 0 aliphatic carbocycles. The molecule has 15 heavy (non-hydrogen) atoms. The van der Waals surface area contributed by atoms with E-state index in [-0.39, 0.29) is 5.69 Å². The number of carbonyl (C=O) groups excluding carboxylic acids is 1. The predicted octanol–water partition coefficient (Wildman–Crippen LogP) is 2.71. The highest BCUT2D eigenvalue weighted by atomic mass is 127. The lowest BCUT2D eigenvalue weighted by Crippen LogP contribution is -2.18. The smallest absolute Gasteiger partial charge is 0.388 e. The van der Waals surface area contributed by atoms with Gasteiger partial charge >= 0.3 is 6.36 Å². The van der Waals surface area contributed by atoms with Crippen molar-refractivity contribution < 1.29 is 22.7 Å². The van der Waals surface area contributed by atoms with Crippen LogP contribution < -0.4 is 4.74 Å². The fraction of sp³-hybridized carbons (Fsp3) is 0.250. The number of hydrogen-bond acceptors (Lipinski definition) is 3. The SMILES string of the molecule is Cc1c(I)cc(OC(F)(F)F)nc1C=O. The van der Waals surface area contributed by atoms with Crippen LogP contribution in [0.5, 0.6) is 5.88 Å². The average molecular weight is 331 g/mol. The van der Waals surface area contributed by atoms with Gasteiger partial charge in [0.1, 0.15) is 5.69 Å². The van der Waals surface area contributed by atoms with Gasteiger partial charge in [0.15, 0.2) is 6.29 Å². The Hall–Kier alpha value is -0.860. The van der Waals surface area contributed by atoms with Gasteiger partial charge in [0.05, 0.1) is 0 Å². The number of aldehydes is 1. The summed E-state index contributed by atoms with van der Waals surface area (Å²) in [5, 5.41) is 0. The van der Waals surface area contributed by atoms with Gasteiger partial charge in [-0.2, -0.15) is 0 Å². The minimum absolute atomic E-state index is 0.0545. The molecule has 0 fully saturated rings. The first-order valence-corrected chi connectivity index (χ1v) is 4.79. The van der Waals surface area contributed by atoms with Gasteiger partial charge in [-0.1, -0.05) is 0 Å². The van der Waals surface area contributed by atoms with E-state index in [0.29, 0.717) is 15.4 Å². The number of ether oxygens (including phenoxy) is 1. The molecular weight excluding hydrogens is 326 g/mol. The molecule has 0 aliphatic rings. The van der Waals surface area contributed by atoms with E-state index in [9.17, 15) is 18.0 Å². The van der Waals surface area contributed by atoms with Gasteiger partial charge in [-0.25, -0.2) is 4.98 Å². The van der Waals surface area contributed by atoms with Crippen molar-refractivity contribution in [3.05, 3.63) is 20.9 Å². The summed E-state index contributed by atoms with van der Waals surface area (Å²) in [6.45, 7) is 1.59. The maximum atomic E-state index is 11.9. The largest absolute Gasteiger partial charge is 0.574 e. The van der Waals surface area contributed by atoms with Crippen molar-refractivity contribution in [2.75, 3.05) is 0 Å². The van der Waals surface area contributed by atoms with Gasteiger partial charge in [0, 0.05) is 9.64 Å². The summed E-state index contributed by atoms with van der Waals surface area (Å²) in [7, 11) is 0. The zero-order chi connectivity index (χ0) is 11.6. The van der Waals surface area contributed by atoms with E-state index >= 15 is 0 Å². The molecule has 82 valence electrons. The Morgan fingerprint density at radius 1 is 1.53 bits per heavy atom. The molecule has 0 aliphatic heterocycles. The van der Waals surface area contributed by atoms with E-state index < -0.39 is 12.2 Å². The summed E-state index contributed by atoms with van der Waals surface area (Å²) >= 11 is 1.80. The van der Waals surface area contributed by atoms with Crippen LogP contribution in [-0.4, -0.2) is 17.6 Å². The molecule has 1 heterocycles. The standard InChI is InChI=1S/C8H5F3INO2/c1-4-5(12)2-7(13-6(4)3-14)15-8(9,10)11/h2-3H,1H3. The lowest BCUT2D eigenvalue weighted by Gasteiger charge is -2.09. The molecule has 0 spiro atoms. The number of alkyl halides is 3. The van der Waals surface area contributed by atoms with E-state index in [2.05, 4.69) is 9.72 Å². The van der Waals surface area contributed by atoms with Crippen LogP contribution in [-0.2, 0) is 0 Å². The second-order valence-corrected chi connectivity index (χ2v) is 3.78. The van der Waals surface area contributed by atoms with Crippen molar-refractivity contribution >= 4 is 28.9 Å². The summed E-state index contributed by atoms with van der Waals surface area (Å²) in [6.07, 6.45) is -4.41. The third-order valence-corrected chi connectivity index (χ3v) is 2.68. The topological polar surface area (TPSA) is 39.2 Å². The van der Waals surface area contributed by atoms with E-state index in [4.69, 9.17) is 0 Å². The summed E-state index contributed by atoms with van der Waals surface area (Å²) in [4.78, 5) is 13.9. The number of pyridine rings is 1. The molecule has 0 saturated heterocycles. The number of halogens is 4. The molecule has 7 heteroatoms. The molecule has 0 N–H and O–H groups in total. The van der Waals surface area contributed by atoms with Gasteiger partial charge in [-0.05, 0) is 35.1 Å². The minimum Gasteiger partial charge on any atom is -0.388 e. The molecule has 3 nitrogen and oxygen atoms in total. The molecule has 0 atom stereocenters. The molecular formula is C8H5F3INO2. The van der Waals surface area contributed by atoms with Crippen molar-refractivity contribution in [1.29, 1.82) is 0 Å². The van der Waals surface area contributed by atoms with Crippen molar-refractivity contribution in [3.63, 3.8) is 0 Å². The van der Waals surface area contributed by atoms with Gasteiger partial charge in [-0.15, -0.1) is 13.2 Å². The fourth-order valence-electron chi connectivity index (χ4n) is 0.859. The van der Waals surface area contributed by atoms with Crippen LogP contribution >= 0.6 is 22.6 Å². The zero-order valence-corrected chi connectivity index (χ0v) is 9.59. The Labute approximate surface area is 96.8 Å². The van der Waals surface area contributed by atoms with Crippen LogP contribution in [0.2, 0.25) is 0 Å². The van der Waals surface area contributed by atoms with Gasteiger partial charge in [0.25, 0.3) is 0 Å². The molecule has 0 bridgehead atoms. The van der Waals surface area contributed by atoms with Crippen LogP contribution in [0.3, 0.4) is 0 Å². The number of aromatic nitrogens is 1. The minimum atomic E-state index is -4.80. The number of hydrogen-bond donors (Lipinski definition) is 0. The van der Waals surface area contributed by atoms with E-state index in [0.717, 1.165) is 6.07 Å². The molecule has 1 aromatic heterocycles. The number of carbonyl (C=O) groups is 1. The molecule has 0 saturated carbocycles. The van der Waals surface area contributed by atoms with Crippen molar-refractivity contribution in [1.82, 2.24) is 4.98 Å².